The number of para-hydroxylation sites is 1. The number of benzene rings is 3. The monoisotopic (exact) mass is 494 g/mol. The first-order chi connectivity index (χ1) is 17.2. The number of nitrogens with zero attached hydrogens (tertiary/aromatic N) is 2. The van der Waals surface area contributed by atoms with E-state index < -0.39 is 24.2 Å². The number of anilines is 2. The average molecular weight is 495 g/mol. The molecule has 6 heteroatoms. The third-order valence-corrected chi connectivity index (χ3v) is 7.77. The van der Waals surface area contributed by atoms with Gasteiger partial charge >= 0.3 is 6.18 Å². The molecular formula is C30H33F3N2O. The van der Waals surface area contributed by atoms with Gasteiger partial charge in [-0.25, -0.2) is 0 Å². The molecule has 2 heterocycles. The lowest BCUT2D eigenvalue weighted by Crippen LogP contribution is -2.44. The van der Waals surface area contributed by atoms with Crippen molar-refractivity contribution in [1.29, 1.82) is 0 Å². The van der Waals surface area contributed by atoms with Gasteiger partial charge in [-0.2, -0.15) is 13.2 Å². The molecule has 5 rings (SSSR count). The molecule has 190 valence electrons. The highest BCUT2D eigenvalue weighted by Crippen LogP contribution is 2.48. The minimum absolute atomic E-state index is 0.368. The van der Waals surface area contributed by atoms with Crippen molar-refractivity contribution in [3.63, 3.8) is 0 Å². The van der Waals surface area contributed by atoms with E-state index in [1.807, 2.05) is 30.3 Å². The third kappa shape index (κ3) is 4.71. The van der Waals surface area contributed by atoms with Gasteiger partial charge in [0.15, 0.2) is 6.10 Å². The van der Waals surface area contributed by atoms with Gasteiger partial charge in [0.1, 0.15) is 0 Å². The fourth-order valence-corrected chi connectivity index (χ4v) is 5.97. The van der Waals surface area contributed by atoms with Crippen LogP contribution in [0.1, 0.15) is 35.6 Å². The Hall–Kier alpha value is -2.99. The normalized spacial score (nSPS) is 22.7. The van der Waals surface area contributed by atoms with E-state index in [9.17, 15) is 18.3 Å². The summed E-state index contributed by atoms with van der Waals surface area (Å²) in [5, 5.41) is 9.98. The molecule has 1 fully saturated rings. The molecular weight excluding hydrogens is 461 g/mol. The van der Waals surface area contributed by atoms with E-state index in [-0.39, 0.29) is 0 Å². The molecule has 2 aliphatic heterocycles. The summed E-state index contributed by atoms with van der Waals surface area (Å²) in [6.45, 7) is 6.22. The molecule has 1 N–H and O–H groups in total. The molecule has 1 saturated heterocycles. The van der Waals surface area contributed by atoms with Crippen LogP contribution in [-0.2, 0) is 11.8 Å². The van der Waals surface area contributed by atoms with Crippen LogP contribution in [0, 0.1) is 12.8 Å². The molecule has 0 amide bonds. The average Bonchev–Trinajstić information content (AvgIpc) is 3.41. The van der Waals surface area contributed by atoms with E-state index in [4.69, 9.17) is 0 Å². The quantitative estimate of drug-likeness (QED) is 0.448. The summed E-state index contributed by atoms with van der Waals surface area (Å²) in [4.78, 5) is 4.12. The van der Waals surface area contributed by atoms with E-state index >= 15 is 0 Å². The fourth-order valence-electron chi connectivity index (χ4n) is 5.97. The van der Waals surface area contributed by atoms with Crippen molar-refractivity contribution in [3.8, 4) is 0 Å². The molecule has 3 atom stereocenters. The second kappa shape index (κ2) is 9.47. The first-order valence-electron chi connectivity index (χ1n) is 12.7. The van der Waals surface area contributed by atoms with Crippen LogP contribution in [0.2, 0.25) is 0 Å². The van der Waals surface area contributed by atoms with E-state index in [0.29, 0.717) is 18.9 Å². The van der Waals surface area contributed by atoms with Gasteiger partial charge in [-0.3, -0.25) is 0 Å². The lowest BCUT2D eigenvalue weighted by molar-refractivity contribution is -0.200. The van der Waals surface area contributed by atoms with Crippen molar-refractivity contribution >= 4 is 11.4 Å². The smallest absolute Gasteiger partial charge is 0.382 e. The van der Waals surface area contributed by atoms with Gasteiger partial charge in [0.2, 0.25) is 0 Å². The lowest BCUT2D eigenvalue weighted by atomic mass is 9.71. The van der Waals surface area contributed by atoms with Gasteiger partial charge in [0.05, 0.1) is 6.54 Å². The second-order valence-corrected chi connectivity index (χ2v) is 10.6. The second-order valence-electron chi connectivity index (χ2n) is 10.6. The Labute approximate surface area is 211 Å². The zero-order chi connectivity index (χ0) is 25.5. The Balaban J connectivity index is 1.61. The van der Waals surface area contributed by atoms with Crippen LogP contribution in [0.15, 0.2) is 72.8 Å². The maximum absolute atomic E-state index is 13.4. The van der Waals surface area contributed by atoms with Crippen molar-refractivity contribution in [2.75, 3.05) is 36.0 Å². The van der Waals surface area contributed by atoms with Crippen molar-refractivity contribution in [1.82, 2.24) is 0 Å². The number of halogens is 3. The molecule has 0 radical (unpaired) electrons. The van der Waals surface area contributed by atoms with Gasteiger partial charge in [-0.05, 0) is 60.6 Å². The van der Waals surface area contributed by atoms with Crippen LogP contribution >= 0.6 is 0 Å². The SMILES string of the molecule is Cc1cccc(CC2(c3cccc(N4CC[C@H](C)C4)c3)CN(C[C@@H](O)C(F)(F)F)c3ccccc32)c1. The zero-order valence-corrected chi connectivity index (χ0v) is 20.8. The number of hydrogen-bond acceptors (Lipinski definition) is 3. The number of aryl methyl sites for hydroxylation is 1. The fraction of sp³-hybridized carbons (Fsp3) is 0.400. The number of β-amino-alcohol motifs (C(OH)–C–C–N with tert-alkyl or cyclic N) is 1. The summed E-state index contributed by atoms with van der Waals surface area (Å²) in [5.74, 6) is 0.640. The third-order valence-electron chi connectivity index (χ3n) is 7.77. The maximum atomic E-state index is 13.4. The van der Waals surface area contributed by atoms with E-state index in [1.54, 1.807) is 4.90 Å². The van der Waals surface area contributed by atoms with Crippen LogP contribution in [0.4, 0.5) is 24.5 Å². The van der Waals surface area contributed by atoms with Gasteiger partial charge < -0.3 is 14.9 Å². The molecule has 0 saturated carbocycles. The summed E-state index contributed by atoms with van der Waals surface area (Å²) in [7, 11) is 0. The molecule has 3 aromatic carbocycles. The molecule has 0 spiro atoms. The molecule has 3 aromatic rings. The summed E-state index contributed by atoms with van der Waals surface area (Å²) in [5.41, 5.74) is 5.77. The molecule has 0 aromatic heterocycles. The minimum atomic E-state index is -4.66. The van der Waals surface area contributed by atoms with Crippen molar-refractivity contribution in [2.24, 2.45) is 5.92 Å². The maximum Gasteiger partial charge on any atom is 0.416 e. The summed E-state index contributed by atoms with van der Waals surface area (Å²) < 4.78 is 40.1. The Morgan fingerprint density at radius 2 is 1.81 bits per heavy atom. The standard InChI is InChI=1S/C30H33F3N2O/c1-21-7-5-8-23(15-21)17-29(24-9-6-10-25(16-24)34-14-13-22(2)18-34)20-35(19-28(36)30(31,32)33)27-12-4-3-11-26(27)29/h3-12,15-16,22,28,36H,13-14,17-20H2,1-2H3/t22-,28+,29?/m0/s1. The van der Waals surface area contributed by atoms with Gasteiger partial charge in [0, 0.05) is 36.4 Å². The van der Waals surface area contributed by atoms with Gasteiger partial charge in [-0.15, -0.1) is 0 Å². The summed E-state index contributed by atoms with van der Waals surface area (Å²) in [6.07, 6.45) is -5.25. The van der Waals surface area contributed by atoms with E-state index in [0.717, 1.165) is 53.1 Å². The number of aliphatic hydroxyl groups excluding tert-OH is 1. The van der Waals surface area contributed by atoms with Crippen LogP contribution in [-0.4, -0.2) is 43.6 Å². The Morgan fingerprint density at radius 3 is 2.53 bits per heavy atom. The number of hydrogen-bond donors (Lipinski definition) is 1. The molecule has 3 nitrogen and oxygen atoms in total. The number of aliphatic hydroxyl groups is 1. The Kier molecular flexibility index (Phi) is 6.50. The van der Waals surface area contributed by atoms with Crippen molar-refractivity contribution in [3.05, 3.63) is 95.1 Å². The van der Waals surface area contributed by atoms with Crippen molar-refractivity contribution in [2.45, 2.75) is 44.4 Å². The van der Waals surface area contributed by atoms with Crippen LogP contribution in [0.25, 0.3) is 0 Å². The number of fused-ring (bicyclic) bond motifs is 1. The first-order valence-corrected chi connectivity index (χ1v) is 12.7. The Morgan fingerprint density at radius 1 is 1.03 bits per heavy atom. The largest absolute Gasteiger partial charge is 0.416 e. The first kappa shape index (κ1) is 24.7. The van der Waals surface area contributed by atoms with Crippen LogP contribution in [0.5, 0.6) is 0 Å². The highest BCUT2D eigenvalue weighted by molar-refractivity contribution is 5.68. The molecule has 1 unspecified atom stereocenters. The highest BCUT2D eigenvalue weighted by atomic mass is 19.4. The topological polar surface area (TPSA) is 26.7 Å². The zero-order valence-electron chi connectivity index (χ0n) is 20.8. The van der Waals surface area contributed by atoms with Gasteiger partial charge in [0.25, 0.3) is 0 Å². The number of alkyl halides is 3. The summed E-state index contributed by atoms with van der Waals surface area (Å²) >= 11 is 0. The van der Waals surface area contributed by atoms with E-state index in [2.05, 4.69) is 61.2 Å². The predicted octanol–water partition coefficient (Wildman–Crippen LogP) is 6.11. The van der Waals surface area contributed by atoms with Crippen LogP contribution < -0.4 is 9.80 Å². The molecule has 0 bridgehead atoms. The van der Waals surface area contributed by atoms with Gasteiger partial charge in [-0.1, -0.05) is 67.1 Å². The predicted molar refractivity (Wildman–Crippen MR) is 139 cm³/mol. The van der Waals surface area contributed by atoms with E-state index in [1.165, 1.54) is 0 Å². The Bertz CT molecular complexity index is 1230. The lowest BCUT2D eigenvalue weighted by Gasteiger charge is -2.33. The summed E-state index contributed by atoms with van der Waals surface area (Å²) in [6, 6.07) is 24.6. The minimum Gasteiger partial charge on any atom is -0.382 e. The van der Waals surface area contributed by atoms with Crippen molar-refractivity contribution < 1.29 is 18.3 Å². The molecule has 2 aliphatic rings. The number of rotatable bonds is 6. The van der Waals surface area contributed by atoms with Crippen LogP contribution in [0.3, 0.4) is 0 Å². The highest BCUT2D eigenvalue weighted by Gasteiger charge is 2.47. The molecule has 36 heavy (non-hydrogen) atoms. The molecule has 0 aliphatic carbocycles.